The number of fused-ring (bicyclic) bond motifs is 7. The molecule has 5 heterocycles. The largest absolute Gasteiger partial charge is 0.486 e. The maximum absolute atomic E-state index is 14.1. The number of nitrogens with one attached hydrogen (secondary N) is 3. The number of ether oxygens (including phenoxy) is 3. The molecule has 4 N–H and O–H groups in total. The lowest BCUT2D eigenvalue weighted by Gasteiger charge is -2.31. The number of imidazole rings is 1. The molecule has 8 rings (SSSR count). The quantitative estimate of drug-likeness (QED) is 0.159. The molecule has 0 spiro atoms. The monoisotopic (exact) mass is 753 g/mol. The Labute approximate surface area is 317 Å². The molecular weight excluding hydrogens is 710 g/mol. The summed E-state index contributed by atoms with van der Waals surface area (Å²) < 4.78 is 19.7. The third-order valence-corrected chi connectivity index (χ3v) is 9.30. The molecule has 0 saturated carbocycles. The number of carboxylic acid groups (broad SMARTS) is 1. The van der Waals surface area contributed by atoms with E-state index in [1.807, 2.05) is 47.2 Å². The van der Waals surface area contributed by atoms with Crippen molar-refractivity contribution in [3.8, 4) is 11.5 Å². The molecule has 0 radical (unpaired) electrons. The lowest BCUT2D eigenvalue weighted by atomic mass is 10.1. The first-order valence-corrected chi connectivity index (χ1v) is 17.9. The van der Waals surface area contributed by atoms with Crippen molar-refractivity contribution in [3.05, 3.63) is 108 Å². The molecule has 2 fully saturated rings. The highest BCUT2D eigenvalue weighted by atomic mass is 16.5. The summed E-state index contributed by atoms with van der Waals surface area (Å²) in [5, 5.41) is 15.7. The van der Waals surface area contributed by atoms with Gasteiger partial charge in [0.25, 0.3) is 30.1 Å². The van der Waals surface area contributed by atoms with E-state index in [2.05, 4.69) is 25.8 Å². The lowest BCUT2D eigenvalue weighted by molar-refractivity contribution is -0.123. The number of aryl methyl sites for hydroxylation is 1. The number of amides is 4. The van der Waals surface area contributed by atoms with Crippen LogP contribution in [0.3, 0.4) is 0 Å². The van der Waals surface area contributed by atoms with Crippen LogP contribution in [-0.2, 0) is 27.4 Å². The summed E-state index contributed by atoms with van der Waals surface area (Å²) in [5.74, 6) is -0.646. The molecule has 2 saturated heterocycles. The number of hydrogen-bond acceptors (Lipinski definition) is 10. The van der Waals surface area contributed by atoms with E-state index < -0.39 is 18.1 Å². The van der Waals surface area contributed by atoms with E-state index >= 15 is 0 Å². The van der Waals surface area contributed by atoms with Crippen molar-refractivity contribution in [2.45, 2.75) is 31.7 Å². The van der Waals surface area contributed by atoms with Crippen molar-refractivity contribution in [1.29, 1.82) is 0 Å². The van der Waals surface area contributed by atoms with E-state index in [0.29, 0.717) is 57.1 Å². The van der Waals surface area contributed by atoms with Crippen LogP contribution in [0.2, 0.25) is 0 Å². The fourth-order valence-electron chi connectivity index (χ4n) is 6.54. The zero-order chi connectivity index (χ0) is 38.6. The highest BCUT2D eigenvalue weighted by Crippen LogP contribution is 2.27. The van der Waals surface area contributed by atoms with Crippen molar-refractivity contribution in [2.24, 2.45) is 0 Å². The van der Waals surface area contributed by atoms with E-state index in [-0.39, 0.29) is 67.3 Å². The number of hydrogen-bond donors (Lipinski definition) is 4. The molecule has 4 aromatic rings. The molecule has 288 valence electrons. The van der Waals surface area contributed by atoms with Crippen LogP contribution in [0.1, 0.15) is 43.1 Å². The second kappa shape index (κ2) is 18.6. The maximum atomic E-state index is 14.1. The summed E-state index contributed by atoms with van der Waals surface area (Å²) in [6, 6.07) is 18.8. The molecule has 55 heavy (non-hydrogen) atoms. The fraction of sp³-hybridized carbons (Fsp3) is 0.333. The van der Waals surface area contributed by atoms with Crippen molar-refractivity contribution in [2.75, 3.05) is 57.4 Å². The van der Waals surface area contributed by atoms with Gasteiger partial charge in [-0.2, -0.15) is 0 Å². The van der Waals surface area contributed by atoms with Crippen LogP contribution in [0.25, 0.3) is 0 Å². The predicted octanol–water partition coefficient (Wildman–Crippen LogP) is 1.95. The second-order valence-electron chi connectivity index (χ2n) is 13.0. The maximum Gasteiger partial charge on any atom is 0.290 e. The van der Waals surface area contributed by atoms with Gasteiger partial charge in [-0.15, -0.1) is 0 Å². The van der Waals surface area contributed by atoms with Crippen molar-refractivity contribution >= 4 is 35.8 Å². The minimum atomic E-state index is -0.587. The highest BCUT2D eigenvalue weighted by molar-refractivity contribution is 6.01. The van der Waals surface area contributed by atoms with E-state index in [4.69, 9.17) is 24.1 Å². The summed E-state index contributed by atoms with van der Waals surface area (Å²) in [5.41, 5.74) is 2.63. The average molecular weight is 754 g/mol. The molecule has 1 aromatic heterocycles. The Bertz CT molecular complexity index is 1950. The molecule has 4 aliphatic rings. The summed E-state index contributed by atoms with van der Waals surface area (Å²) in [6.45, 7) is 3.75. The summed E-state index contributed by atoms with van der Waals surface area (Å²) in [6.07, 6.45) is 5.35. The van der Waals surface area contributed by atoms with Crippen LogP contribution >= 0.6 is 0 Å². The Morgan fingerprint density at radius 3 is 2.55 bits per heavy atom. The van der Waals surface area contributed by atoms with Crippen LogP contribution in [0.4, 0.5) is 5.69 Å². The third kappa shape index (κ3) is 10.2. The minimum absolute atomic E-state index is 0.163. The Balaban J connectivity index is 0.00000166. The van der Waals surface area contributed by atoms with Gasteiger partial charge in [0.1, 0.15) is 17.6 Å². The molecule has 4 amide bonds. The molecule has 2 atom stereocenters. The number of nitrogens with zero attached hydrogens (tertiary/aromatic N) is 4. The number of carbonyl (C=O) groups is 5. The molecule has 16 heteroatoms. The number of morpholine rings is 1. The van der Waals surface area contributed by atoms with Gasteiger partial charge in [0.05, 0.1) is 37.7 Å². The summed E-state index contributed by atoms with van der Waals surface area (Å²) >= 11 is 0. The first kappa shape index (κ1) is 38.3. The number of anilines is 1. The topological polar surface area (TPSA) is 194 Å². The van der Waals surface area contributed by atoms with E-state index in [9.17, 15) is 19.2 Å². The first-order chi connectivity index (χ1) is 26.8. The van der Waals surface area contributed by atoms with Gasteiger partial charge in [-0.25, -0.2) is 4.98 Å². The molecule has 16 nitrogen and oxygen atoms in total. The van der Waals surface area contributed by atoms with Gasteiger partial charge >= 0.3 is 0 Å². The van der Waals surface area contributed by atoms with E-state index in [1.165, 1.54) is 18.2 Å². The molecule has 4 bridgehead atoms. The summed E-state index contributed by atoms with van der Waals surface area (Å²) in [7, 11) is 0. The minimum Gasteiger partial charge on any atom is -0.486 e. The number of likely N-dealkylation sites (tertiary alicyclic amines) is 1. The van der Waals surface area contributed by atoms with Gasteiger partial charge in [-0.05, 0) is 54.4 Å². The third-order valence-electron chi connectivity index (χ3n) is 9.30. The Morgan fingerprint density at radius 1 is 1.00 bits per heavy atom. The normalized spacial score (nSPS) is 18.3. The van der Waals surface area contributed by atoms with Crippen molar-refractivity contribution < 1.29 is 43.3 Å². The summed E-state index contributed by atoms with van der Waals surface area (Å²) in [4.78, 5) is 70.3. The number of benzene rings is 3. The van der Waals surface area contributed by atoms with Crippen LogP contribution in [0, 0.1) is 0 Å². The molecule has 0 unspecified atom stereocenters. The smallest absolute Gasteiger partial charge is 0.290 e. The SMILES string of the molecule is O=C1COc2cc(C(=O)NCCCn3ccnc3)cc(c2)C(=O)N[C@H]2CN(C(=O)c3ccccc3N3CCOCC3)C[C@@H]2Oc2ccc(cc2)CN1.O=CO. The zero-order valence-electron chi connectivity index (χ0n) is 30.1. The fourth-order valence-corrected chi connectivity index (χ4v) is 6.54. The highest BCUT2D eigenvalue weighted by Gasteiger charge is 2.39. The van der Waals surface area contributed by atoms with Crippen molar-refractivity contribution in [3.63, 3.8) is 0 Å². The van der Waals surface area contributed by atoms with Crippen LogP contribution in [0.15, 0.2) is 85.5 Å². The molecule has 4 aliphatic heterocycles. The van der Waals surface area contributed by atoms with Gasteiger partial charge in [0.2, 0.25) is 0 Å². The number of para-hydroxylation sites is 1. The van der Waals surface area contributed by atoms with Gasteiger partial charge in [-0.3, -0.25) is 24.0 Å². The van der Waals surface area contributed by atoms with E-state index in [0.717, 1.165) is 11.3 Å². The Morgan fingerprint density at radius 2 is 1.78 bits per heavy atom. The second-order valence-corrected chi connectivity index (χ2v) is 13.0. The predicted molar refractivity (Wildman–Crippen MR) is 199 cm³/mol. The Hall–Kier alpha value is -6.42. The molecule has 0 aliphatic carbocycles. The molecular formula is C39H43N7O9. The number of carbonyl (C=O) groups excluding carboxylic acids is 4. The average Bonchev–Trinajstić information content (AvgIpc) is 3.88. The first-order valence-electron chi connectivity index (χ1n) is 17.9. The zero-order valence-corrected chi connectivity index (χ0v) is 30.1. The van der Waals surface area contributed by atoms with Crippen LogP contribution < -0.4 is 30.3 Å². The van der Waals surface area contributed by atoms with Gasteiger partial charge < -0.3 is 49.6 Å². The Kier molecular flexibility index (Phi) is 12.9. The van der Waals surface area contributed by atoms with Crippen LogP contribution in [-0.4, -0.2) is 114 Å². The van der Waals surface area contributed by atoms with Crippen LogP contribution in [0.5, 0.6) is 11.5 Å². The number of aromatic nitrogens is 2. The number of rotatable bonds is 7. The lowest BCUT2D eigenvalue weighted by Crippen LogP contribution is -2.45. The van der Waals surface area contributed by atoms with Gasteiger partial charge in [0.15, 0.2) is 6.61 Å². The van der Waals surface area contributed by atoms with Crippen molar-refractivity contribution in [1.82, 2.24) is 30.4 Å². The van der Waals surface area contributed by atoms with Gasteiger partial charge in [0, 0.05) is 68.5 Å². The van der Waals surface area contributed by atoms with E-state index in [1.54, 1.807) is 29.6 Å². The molecule has 3 aromatic carbocycles. The van der Waals surface area contributed by atoms with Gasteiger partial charge in [-0.1, -0.05) is 24.3 Å². The standard InChI is InChI=1S/C38H41N7O7.CH2O2/c46-35-24-51-30-19-27(36(47)40-10-3-12-43-13-11-39-25-43)18-28(20-30)37(48)42-32-22-45(23-34(32)52-29-8-6-26(7-9-29)21-41-35)38(49)31-4-1-2-5-33(31)44-14-16-50-17-15-44;2-1-3/h1-2,4-9,11,13,18-20,25,32,34H,3,10,12,14-17,21-24H2,(H,40,47)(H,41,46)(H,42,48);1H,(H,2,3)/t32-,34-;/m0./s1.